The standard InChI is InChI=1S/C14H22N2O2/c1-17-14-12(5-2-9-16-14)11-15-8-3-6-13-7-4-10-18-13/h2,5,9,13,15H,3-4,6-8,10-11H2,1H3. The predicted molar refractivity (Wildman–Crippen MR) is 70.7 cm³/mol. The predicted octanol–water partition coefficient (Wildman–Crippen LogP) is 2.14. The Balaban J connectivity index is 1.62. The van der Waals surface area contributed by atoms with E-state index in [0.717, 1.165) is 38.1 Å². The summed E-state index contributed by atoms with van der Waals surface area (Å²) in [5, 5.41) is 3.42. The summed E-state index contributed by atoms with van der Waals surface area (Å²) >= 11 is 0. The van der Waals surface area contributed by atoms with E-state index in [1.165, 1.54) is 12.8 Å². The van der Waals surface area contributed by atoms with E-state index in [1.54, 1.807) is 13.3 Å². The third-order valence-corrected chi connectivity index (χ3v) is 3.26. The molecular weight excluding hydrogens is 228 g/mol. The first kappa shape index (κ1) is 13.3. The molecule has 1 aliphatic heterocycles. The highest BCUT2D eigenvalue weighted by Crippen LogP contribution is 2.16. The molecule has 0 amide bonds. The van der Waals surface area contributed by atoms with Crippen LogP contribution in [0.5, 0.6) is 5.88 Å². The van der Waals surface area contributed by atoms with Crippen molar-refractivity contribution in [1.29, 1.82) is 0 Å². The molecule has 0 spiro atoms. The van der Waals surface area contributed by atoms with Crippen LogP contribution < -0.4 is 10.1 Å². The Bertz CT molecular complexity index is 351. The maximum absolute atomic E-state index is 5.60. The van der Waals surface area contributed by atoms with Crippen LogP contribution >= 0.6 is 0 Å². The number of hydrogen-bond donors (Lipinski definition) is 1. The molecule has 4 nitrogen and oxygen atoms in total. The van der Waals surface area contributed by atoms with Crippen LogP contribution in [-0.2, 0) is 11.3 Å². The van der Waals surface area contributed by atoms with E-state index in [-0.39, 0.29) is 0 Å². The van der Waals surface area contributed by atoms with Gasteiger partial charge in [-0.05, 0) is 38.3 Å². The zero-order valence-corrected chi connectivity index (χ0v) is 11.0. The van der Waals surface area contributed by atoms with Crippen LogP contribution in [0.4, 0.5) is 0 Å². The van der Waals surface area contributed by atoms with Crippen molar-refractivity contribution in [2.24, 2.45) is 0 Å². The lowest BCUT2D eigenvalue weighted by Gasteiger charge is -2.10. The van der Waals surface area contributed by atoms with Gasteiger partial charge in [0.2, 0.25) is 5.88 Å². The SMILES string of the molecule is COc1ncccc1CNCCCC1CCCO1. The summed E-state index contributed by atoms with van der Waals surface area (Å²) in [6, 6.07) is 3.98. The van der Waals surface area contributed by atoms with Crippen molar-refractivity contribution in [3.63, 3.8) is 0 Å². The highest BCUT2D eigenvalue weighted by Gasteiger charge is 2.14. The van der Waals surface area contributed by atoms with Gasteiger partial charge in [0.1, 0.15) is 0 Å². The number of ether oxygens (including phenoxy) is 2. The summed E-state index contributed by atoms with van der Waals surface area (Å²) in [7, 11) is 1.66. The van der Waals surface area contributed by atoms with Crippen molar-refractivity contribution < 1.29 is 9.47 Å². The fourth-order valence-corrected chi connectivity index (χ4v) is 2.29. The molecule has 1 fully saturated rings. The summed E-state index contributed by atoms with van der Waals surface area (Å²) in [6.45, 7) is 2.77. The first-order chi connectivity index (χ1) is 8.90. The van der Waals surface area contributed by atoms with Crippen molar-refractivity contribution in [2.75, 3.05) is 20.3 Å². The molecule has 0 saturated carbocycles. The quantitative estimate of drug-likeness (QED) is 0.753. The van der Waals surface area contributed by atoms with Gasteiger partial charge in [-0.3, -0.25) is 0 Å². The lowest BCUT2D eigenvalue weighted by molar-refractivity contribution is 0.102. The normalized spacial score (nSPS) is 19.1. The molecule has 1 aromatic rings. The minimum atomic E-state index is 0.500. The second-order valence-electron chi connectivity index (χ2n) is 4.63. The highest BCUT2D eigenvalue weighted by atomic mass is 16.5. The number of hydrogen-bond acceptors (Lipinski definition) is 4. The summed E-state index contributed by atoms with van der Waals surface area (Å²) in [5.74, 6) is 0.712. The van der Waals surface area contributed by atoms with Crippen LogP contribution in [0.3, 0.4) is 0 Å². The van der Waals surface area contributed by atoms with Crippen LogP contribution in [0, 0.1) is 0 Å². The van der Waals surface area contributed by atoms with Gasteiger partial charge in [-0.25, -0.2) is 4.98 Å². The Morgan fingerprint density at radius 1 is 1.56 bits per heavy atom. The van der Waals surface area contributed by atoms with Crippen molar-refractivity contribution in [3.8, 4) is 5.88 Å². The van der Waals surface area contributed by atoms with Gasteiger partial charge in [0.25, 0.3) is 0 Å². The largest absolute Gasteiger partial charge is 0.481 e. The van der Waals surface area contributed by atoms with Crippen LogP contribution in [0.25, 0.3) is 0 Å². The van der Waals surface area contributed by atoms with Gasteiger partial charge < -0.3 is 14.8 Å². The Labute approximate surface area is 109 Å². The summed E-state index contributed by atoms with van der Waals surface area (Å²) in [5.41, 5.74) is 1.11. The second kappa shape index (κ2) is 7.34. The number of nitrogens with zero attached hydrogens (tertiary/aromatic N) is 1. The van der Waals surface area contributed by atoms with Crippen molar-refractivity contribution in [1.82, 2.24) is 10.3 Å². The van der Waals surface area contributed by atoms with E-state index in [9.17, 15) is 0 Å². The molecule has 0 radical (unpaired) electrons. The van der Waals surface area contributed by atoms with E-state index < -0.39 is 0 Å². The maximum atomic E-state index is 5.60. The van der Waals surface area contributed by atoms with Gasteiger partial charge >= 0.3 is 0 Å². The fraction of sp³-hybridized carbons (Fsp3) is 0.643. The molecule has 18 heavy (non-hydrogen) atoms. The highest BCUT2D eigenvalue weighted by molar-refractivity contribution is 5.24. The fourth-order valence-electron chi connectivity index (χ4n) is 2.29. The summed E-state index contributed by atoms with van der Waals surface area (Å²) in [6.07, 6.45) is 7.03. The average Bonchev–Trinajstić information content (AvgIpc) is 2.92. The minimum absolute atomic E-state index is 0.500. The third-order valence-electron chi connectivity index (χ3n) is 3.26. The van der Waals surface area contributed by atoms with Gasteiger partial charge in [0, 0.05) is 24.9 Å². The van der Waals surface area contributed by atoms with E-state index >= 15 is 0 Å². The molecule has 2 heterocycles. The van der Waals surface area contributed by atoms with Crippen LogP contribution in [0.1, 0.15) is 31.2 Å². The monoisotopic (exact) mass is 250 g/mol. The molecule has 1 saturated heterocycles. The molecule has 1 N–H and O–H groups in total. The molecule has 4 heteroatoms. The Hall–Kier alpha value is -1.13. The lowest BCUT2D eigenvalue weighted by atomic mass is 10.1. The molecule has 2 rings (SSSR count). The number of methoxy groups -OCH3 is 1. The van der Waals surface area contributed by atoms with E-state index in [4.69, 9.17) is 9.47 Å². The third kappa shape index (κ3) is 3.96. The summed E-state index contributed by atoms with van der Waals surface area (Å²) < 4.78 is 10.8. The molecule has 1 aromatic heterocycles. The van der Waals surface area contributed by atoms with E-state index in [0.29, 0.717) is 12.0 Å². The Morgan fingerprint density at radius 3 is 3.28 bits per heavy atom. The number of pyridine rings is 1. The van der Waals surface area contributed by atoms with E-state index in [1.807, 2.05) is 12.1 Å². The molecule has 1 aliphatic rings. The van der Waals surface area contributed by atoms with E-state index in [2.05, 4.69) is 10.3 Å². The van der Waals surface area contributed by atoms with Crippen molar-refractivity contribution in [3.05, 3.63) is 23.9 Å². The zero-order chi connectivity index (χ0) is 12.6. The number of aromatic nitrogens is 1. The van der Waals surface area contributed by atoms with Gasteiger partial charge in [-0.15, -0.1) is 0 Å². The van der Waals surface area contributed by atoms with Crippen molar-refractivity contribution >= 4 is 0 Å². The lowest BCUT2D eigenvalue weighted by Crippen LogP contribution is -2.17. The molecule has 0 aromatic carbocycles. The molecular formula is C14H22N2O2. The van der Waals surface area contributed by atoms with Gasteiger partial charge in [-0.1, -0.05) is 6.07 Å². The molecule has 0 bridgehead atoms. The number of rotatable bonds is 7. The van der Waals surface area contributed by atoms with Gasteiger partial charge in [0.05, 0.1) is 13.2 Å². The first-order valence-electron chi connectivity index (χ1n) is 6.70. The van der Waals surface area contributed by atoms with Crippen LogP contribution in [0.2, 0.25) is 0 Å². The van der Waals surface area contributed by atoms with Gasteiger partial charge in [-0.2, -0.15) is 0 Å². The smallest absolute Gasteiger partial charge is 0.217 e. The summed E-state index contributed by atoms with van der Waals surface area (Å²) in [4.78, 5) is 4.18. The first-order valence-corrected chi connectivity index (χ1v) is 6.70. The minimum Gasteiger partial charge on any atom is -0.481 e. The van der Waals surface area contributed by atoms with Crippen LogP contribution in [0.15, 0.2) is 18.3 Å². The van der Waals surface area contributed by atoms with Gasteiger partial charge in [0.15, 0.2) is 0 Å². The molecule has 0 aliphatic carbocycles. The average molecular weight is 250 g/mol. The zero-order valence-electron chi connectivity index (χ0n) is 11.0. The maximum Gasteiger partial charge on any atom is 0.217 e. The molecule has 1 unspecified atom stereocenters. The Morgan fingerprint density at radius 2 is 2.50 bits per heavy atom. The topological polar surface area (TPSA) is 43.4 Å². The van der Waals surface area contributed by atoms with Crippen molar-refractivity contribution in [2.45, 2.75) is 38.3 Å². The Kier molecular flexibility index (Phi) is 5.42. The molecule has 1 atom stereocenters. The van der Waals surface area contributed by atoms with Crippen LogP contribution in [-0.4, -0.2) is 31.3 Å². The number of nitrogens with one attached hydrogen (secondary N) is 1. The second-order valence-corrected chi connectivity index (χ2v) is 4.63. The molecule has 100 valence electrons.